The van der Waals surface area contributed by atoms with Crippen LogP contribution in [0.25, 0.3) is 86.2 Å². The van der Waals surface area contributed by atoms with Crippen molar-refractivity contribution in [3.63, 3.8) is 0 Å². The van der Waals surface area contributed by atoms with Crippen LogP contribution in [0.2, 0.25) is 0 Å². The molecule has 1 heterocycles. The highest BCUT2D eigenvalue weighted by atomic mass is 32.1. The van der Waals surface area contributed by atoms with Crippen LogP contribution < -0.4 is 0 Å². The van der Waals surface area contributed by atoms with Crippen LogP contribution in [0, 0.1) is 0 Å². The van der Waals surface area contributed by atoms with E-state index in [9.17, 15) is 0 Å². The van der Waals surface area contributed by atoms with Crippen molar-refractivity contribution in [1.29, 1.82) is 0 Å². The number of fused-ring (bicyclic) bond motifs is 5. The third kappa shape index (κ3) is 4.28. The van der Waals surface area contributed by atoms with Gasteiger partial charge in [0, 0.05) is 9.75 Å². The van der Waals surface area contributed by atoms with Gasteiger partial charge in [0.1, 0.15) is 0 Å². The van der Waals surface area contributed by atoms with Crippen LogP contribution >= 0.6 is 11.3 Å². The van der Waals surface area contributed by atoms with Gasteiger partial charge in [-0.2, -0.15) is 0 Å². The Morgan fingerprint density at radius 2 is 0.778 bits per heavy atom. The lowest BCUT2D eigenvalue weighted by Gasteiger charge is -2.20. The number of rotatable bonds is 4. The fraction of sp³-hybridized carbons (Fsp3) is 0. The van der Waals surface area contributed by atoms with Gasteiger partial charge in [-0.25, -0.2) is 0 Å². The summed E-state index contributed by atoms with van der Waals surface area (Å²) in [7, 11) is 0. The molecule has 0 amide bonds. The molecule has 0 saturated carbocycles. The summed E-state index contributed by atoms with van der Waals surface area (Å²) in [6, 6.07) is 62.2. The molecule has 0 aliphatic rings. The zero-order valence-electron chi connectivity index (χ0n) is 24.6. The molecule has 0 saturated heterocycles. The molecule has 0 N–H and O–H groups in total. The molecule has 0 bridgehead atoms. The second-order valence-corrected chi connectivity index (χ2v) is 12.7. The molecule has 8 aromatic carbocycles. The summed E-state index contributed by atoms with van der Waals surface area (Å²) in [6.07, 6.45) is 0. The maximum Gasteiger partial charge on any atom is 0.0349 e. The predicted molar refractivity (Wildman–Crippen MR) is 196 cm³/mol. The summed E-state index contributed by atoms with van der Waals surface area (Å²) >= 11 is 1.85. The van der Waals surface area contributed by atoms with Crippen molar-refractivity contribution in [3.05, 3.63) is 170 Å². The van der Waals surface area contributed by atoms with Crippen molar-refractivity contribution in [2.45, 2.75) is 0 Å². The summed E-state index contributed by atoms with van der Waals surface area (Å²) in [4.78, 5) is 2.57. The molecule has 0 unspecified atom stereocenters. The van der Waals surface area contributed by atoms with Gasteiger partial charge in [-0.15, -0.1) is 11.3 Å². The average Bonchev–Trinajstić information content (AvgIpc) is 3.62. The van der Waals surface area contributed by atoms with Crippen LogP contribution in [0.3, 0.4) is 0 Å². The fourth-order valence-corrected chi connectivity index (χ4v) is 8.08. The maximum absolute atomic E-state index is 2.40. The van der Waals surface area contributed by atoms with E-state index in [1.165, 1.54) is 86.2 Å². The minimum Gasteiger partial charge on any atom is -0.135 e. The summed E-state index contributed by atoms with van der Waals surface area (Å²) in [5.74, 6) is 0. The minimum atomic E-state index is 1.24. The van der Waals surface area contributed by atoms with Crippen molar-refractivity contribution in [3.8, 4) is 43.1 Å². The summed E-state index contributed by atoms with van der Waals surface area (Å²) in [6.45, 7) is 0. The van der Waals surface area contributed by atoms with Gasteiger partial charge in [0.15, 0.2) is 0 Å². The van der Waals surface area contributed by atoms with E-state index in [0.717, 1.165) is 0 Å². The molecule has 0 aliphatic carbocycles. The van der Waals surface area contributed by atoms with E-state index in [2.05, 4.69) is 170 Å². The first-order valence-electron chi connectivity index (χ1n) is 15.4. The van der Waals surface area contributed by atoms with E-state index in [1.807, 2.05) is 11.3 Å². The molecule has 0 atom stereocenters. The first-order chi connectivity index (χ1) is 22.3. The third-order valence-electron chi connectivity index (χ3n) is 9.07. The molecular weight excluding hydrogens is 561 g/mol. The minimum absolute atomic E-state index is 1.24. The van der Waals surface area contributed by atoms with Crippen LogP contribution in [-0.4, -0.2) is 0 Å². The molecule has 0 aliphatic heterocycles. The monoisotopic (exact) mass is 588 g/mol. The Labute approximate surface area is 266 Å². The first kappa shape index (κ1) is 25.9. The Morgan fingerprint density at radius 1 is 0.289 bits per heavy atom. The number of hydrogen-bond acceptors (Lipinski definition) is 1. The van der Waals surface area contributed by atoms with Gasteiger partial charge in [0.05, 0.1) is 0 Å². The van der Waals surface area contributed by atoms with E-state index in [-0.39, 0.29) is 0 Å². The molecule has 45 heavy (non-hydrogen) atoms. The average molecular weight is 589 g/mol. The molecule has 9 rings (SSSR count). The summed E-state index contributed by atoms with van der Waals surface area (Å²) < 4.78 is 0. The third-order valence-corrected chi connectivity index (χ3v) is 10.3. The highest BCUT2D eigenvalue weighted by Gasteiger charge is 2.19. The van der Waals surface area contributed by atoms with Crippen molar-refractivity contribution >= 4 is 54.4 Å². The maximum atomic E-state index is 2.40. The topological polar surface area (TPSA) is 0 Å². The normalized spacial score (nSPS) is 11.6. The number of hydrogen-bond donors (Lipinski definition) is 0. The van der Waals surface area contributed by atoms with Crippen molar-refractivity contribution in [2.75, 3.05) is 0 Å². The van der Waals surface area contributed by atoms with Gasteiger partial charge >= 0.3 is 0 Å². The summed E-state index contributed by atoms with van der Waals surface area (Å²) in [5.41, 5.74) is 7.62. The molecular formula is C44H28S. The molecule has 1 heteroatoms. The first-order valence-corrected chi connectivity index (χ1v) is 16.3. The van der Waals surface area contributed by atoms with E-state index in [1.54, 1.807) is 0 Å². The van der Waals surface area contributed by atoms with Crippen molar-refractivity contribution < 1.29 is 0 Å². The zero-order valence-corrected chi connectivity index (χ0v) is 25.4. The second kappa shape index (κ2) is 10.6. The number of benzene rings is 8. The quantitative estimate of drug-likeness (QED) is 0.142. The van der Waals surface area contributed by atoms with Crippen LogP contribution in [0.5, 0.6) is 0 Å². The molecule has 210 valence electrons. The van der Waals surface area contributed by atoms with E-state index in [0.29, 0.717) is 0 Å². The Kier molecular flexibility index (Phi) is 6.11. The Bertz CT molecular complexity index is 2480. The van der Waals surface area contributed by atoms with Gasteiger partial charge in [0.2, 0.25) is 0 Å². The largest absolute Gasteiger partial charge is 0.135 e. The van der Waals surface area contributed by atoms with Gasteiger partial charge in [-0.3, -0.25) is 0 Å². The molecule has 0 nitrogen and oxygen atoms in total. The molecule has 0 spiro atoms. The van der Waals surface area contributed by atoms with E-state index in [4.69, 9.17) is 0 Å². The van der Waals surface area contributed by atoms with Crippen LogP contribution in [0.1, 0.15) is 0 Å². The predicted octanol–water partition coefficient (Wildman–Crippen LogP) is 13.0. The number of thiophene rings is 1. The van der Waals surface area contributed by atoms with Gasteiger partial charge in [0.25, 0.3) is 0 Å². The zero-order chi connectivity index (χ0) is 29.7. The van der Waals surface area contributed by atoms with Crippen molar-refractivity contribution in [1.82, 2.24) is 0 Å². The Hall–Kier alpha value is -5.50. The van der Waals surface area contributed by atoms with Crippen molar-refractivity contribution in [2.24, 2.45) is 0 Å². The molecule has 0 fully saturated rings. The standard InChI is InChI=1S/C44H28S/c1-2-13-29(14-3-1)41-25-26-42(45-41)31-16-12-17-32(27-31)43-36-21-8-10-23-38(36)44(39-24-11-9-22-37(39)43)40-28-30-15-4-5-18-33(30)34-19-6-7-20-35(34)40/h1-28H. The molecule has 1 aromatic heterocycles. The summed E-state index contributed by atoms with van der Waals surface area (Å²) in [5, 5.41) is 10.2. The smallest absolute Gasteiger partial charge is 0.0349 e. The van der Waals surface area contributed by atoms with Gasteiger partial charge < -0.3 is 0 Å². The van der Waals surface area contributed by atoms with E-state index < -0.39 is 0 Å². The van der Waals surface area contributed by atoms with Crippen LogP contribution in [-0.2, 0) is 0 Å². The Balaban J connectivity index is 1.31. The van der Waals surface area contributed by atoms with Gasteiger partial charge in [-0.1, -0.05) is 146 Å². The SMILES string of the molecule is c1ccc(-c2ccc(-c3cccc(-c4c5ccccc5c(-c5cc6ccccc6c6ccccc56)c5ccccc45)c3)s2)cc1. The van der Waals surface area contributed by atoms with E-state index >= 15 is 0 Å². The molecule has 0 radical (unpaired) electrons. The lowest BCUT2D eigenvalue weighted by molar-refractivity contribution is 1.66. The van der Waals surface area contributed by atoms with Gasteiger partial charge in [-0.05, 0) is 101 Å². The lowest BCUT2D eigenvalue weighted by atomic mass is 9.83. The van der Waals surface area contributed by atoms with Crippen LogP contribution in [0.4, 0.5) is 0 Å². The van der Waals surface area contributed by atoms with Crippen LogP contribution in [0.15, 0.2) is 170 Å². The Morgan fingerprint density at radius 3 is 1.47 bits per heavy atom. The second-order valence-electron chi connectivity index (χ2n) is 11.6. The lowest BCUT2D eigenvalue weighted by Crippen LogP contribution is -1.92. The fourth-order valence-electron chi connectivity index (χ4n) is 7.07. The molecule has 9 aromatic rings. The highest BCUT2D eigenvalue weighted by molar-refractivity contribution is 7.18. The highest BCUT2D eigenvalue weighted by Crippen LogP contribution is 2.47.